The van der Waals surface area contributed by atoms with Crippen molar-refractivity contribution in [1.82, 2.24) is 15.0 Å². The number of benzene rings is 1. The SMILES string of the molecule is N#Cc1ccc(OCCNc2ncc(N3CCOCC3)c(-c3ccc(Cl)cc3Cl)n2)nc1. The van der Waals surface area contributed by atoms with Gasteiger partial charge in [0.15, 0.2) is 0 Å². The van der Waals surface area contributed by atoms with Crippen molar-refractivity contribution in [1.29, 1.82) is 5.26 Å². The molecule has 0 spiro atoms. The van der Waals surface area contributed by atoms with E-state index in [9.17, 15) is 0 Å². The van der Waals surface area contributed by atoms with Gasteiger partial charge in [-0.25, -0.2) is 15.0 Å². The summed E-state index contributed by atoms with van der Waals surface area (Å²) in [6.07, 6.45) is 3.27. The molecule has 0 amide bonds. The number of nitriles is 1. The van der Waals surface area contributed by atoms with Gasteiger partial charge in [-0.15, -0.1) is 0 Å². The van der Waals surface area contributed by atoms with E-state index in [4.69, 9.17) is 42.9 Å². The lowest BCUT2D eigenvalue weighted by Crippen LogP contribution is -2.36. The molecule has 0 aliphatic carbocycles. The Balaban J connectivity index is 1.49. The Bertz CT molecular complexity index is 1110. The number of anilines is 2. The molecule has 1 fully saturated rings. The van der Waals surface area contributed by atoms with Gasteiger partial charge in [0.25, 0.3) is 0 Å². The van der Waals surface area contributed by atoms with Gasteiger partial charge in [-0.3, -0.25) is 0 Å². The number of hydrogen-bond acceptors (Lipinski definition) is 8. The Hall–Kier alpha value is -3.12. The summed E-state index contributed by atoms with van der Waals surface area (Å²) in [7, 11) is 0. The van der Waals surface area contributed by atoms with Gasteiger partial charge in [0.2, 0.25) is 11.8 Å². The number of aromatic nitrogens is 3. The summed E-state index contributed by atoms with van der Waals surface area (Å²) in [6, 6.07) is 10.7. The molecule has 2 aromatic heterocycles. The number of morpholine rings is 1. The topological polar surface area (TPSA) is 96.2 Å². The number of nitrogens with zero attached hydrogens (tertiary/aromatic N) is 5. The minimum Gasteiger partial charge on any atom is -0.476 e. The highest BCUT2D eigenvalue weighted by atomic mass is 35.5. The Labute approximate surface area is 195 Å². The number of ether oxygens (including phenoxy) is 2. The zero-order chi connectivity index (χ0) is 22.3. The van der Waals surface area contributed by atoms with Crippen LogP contribution in [0, 0.1) is 11.3 Å². The van der Waals surface area contributed by atoms with Crippen molar-refractivity contribution in [3.63, 3.8) is 0 Å². The fourth-order valence-electron chi connectivity index (χ4n) is 3.23. The van der Waals surface area contributed by atoms with Gasteiger partial charge >= 0.3 is 0 Å². The van der Waals surface area contributed by atoms with Crippen molar-refractivity contribution in [3.05, 3.63) is 58.3 Å². The summed E-state index contributed by atoms with van der Waals surface area (Å²) in [5.41, 5.74) is 2.88. The Morgan fingerprint density at radius 1 is 1.12 bits per heavy atom. The molecule has 1 saturated heterocycles. The number of pyridine rings is 1. The number of hydrogen-bond donors (Lipinski definition) is 1. The summed E-state index contributed by atoms with van der Waals surface area (Å²) in [5, 5.41) is 13.1. The average molecular weight is 471 g/mol. The van der Waals surface area contributed by atoms with Crippen LogP contribution < -0.4 is 15.0 Å². The zero-order valence-corrected chi connectivity index (χ0v) is 18.6. The summed E-state index contributed by atoms with van der Waals surface area (Å²) in [4.78, 5) is 15.5. The van der Waals surface area contributed by atoms with Gasteiger partial charge < -0.3 is 19.7 Å². The van der Waals surface area contributed by atoms with Crippen LogP contribution in [0.15, 0.2) is 42.7 Å². The molecule has 1 aromatic carbocycles. The van der Waals surface area contributed by atoms with Crippen LogP contribution >= 0.6 is 23.2 Å². The van der Waals surface area contributed by atoms with E-state index in [0.717, 1.165) is 30.0 Å². The fraction of sp³-hybridized carbons (Fsp3) is 0.273. The molecule has 8 nitrogen and oxygen atoms in total. The first-order valence-electron chi connectivity index (χ1n) is 10.0. The molecule has 32 heavy (non-hydrogen) atoms. The minimum atomic E-state index is 0.352. The van der Waals surface area contributed by atoms with Crippen LogP contribution in [-0.2, 0) is 4.74 Å². The Morgan fingerprint density at radius 2 is 1.97 bits per heavy atom. The van der Waals surface area contributed by atoms with Crippen molar-refractivity contribution in [2.24, 2.45) is 0 Å². The first-order valence-corrected chi connectivity index (χ1v) is 10.8. The van der Waals surface area contributed by atoms with Crippen molar-refractivity contribution >= 4 is 34.8 Å². The summed E-state index contributed by atoms with van der Waals surface area (Å²) in [5.74, 6) is 0.905. The number of halogens is 2. The molecule has 3 aromatic rings. The Kier molecular flexibility index (Phi) is 7.22. The first kappa shape index (κ1) is 22.1. The lowest BCUT2D eigenvalue weighted by atomic mass is 10.1. The molecule has 4 rings (SSSR count). The van der Waals surface area contributed by atoms with Crippen molar-refractivity contribution in [2.75, 3.05) is 49.7 Å². The second-order valence-corrected chi connectivity index (χ2v) is 7.77. The molecule has 164 valence electrons. The smallest absolute Gasteiger partial charge is 0.223 e. The van der Waals surface area contributed by atoms with E-state index >= 15 is 0 Å². The van der Waals surface area contributed by atoms with Crippen LogP contribution in [0.4, 0.5) is 11.6 Å². The van der Waals surface area contributed by atoms with Gasteiger partial charge in [-0.05, 0) is 24.3 Å². The van der Waals surface area contributed by atoms with E-state index in [1.165, 1.54) is 6.20 Å². The molecular weight excluding hydrogens is 451 g/mol. The second-order valence-electron chi connectivity index (χ2n) is 6.92. The molecule has 0 bridgehead atoms. The maximum absolute atomic E-state index is 8.83. The molecular formula is C22H20Cl2N6O2. The van der Waals surface area contributed by atoms with E-state index in [2.05, 4.69) is 20.2 Å². The van der Waals surface area contributed by atoms with Gasteiger partial charge in [-0.1, -0.05) is 23.2 Å². The van der Waals surface area contributed by atoms with Gasteiger partial charge in [0, 0.05) is 35.9 Å². The van der Waals surface area contributed by atoms with Crippen molar-refractivity contribution in [3.8, 4) is 23.2 Å². The van der Waals surface area contributed by atoms with Crippen molar-refractivity contribution < 1.29 is 9.47 Å². The predicted octanol–water partition coefficient (Wildman–Crippen LogP) is 4.04. The van der Waals surface area contributed by atoms with E-state index in [-0.39, 0.29) is 0 Å². The van der Waals surface area contributed by atoms with Gasteiger partial charge in [-0.2, -0.15) is 5.26 Å². The molecule has 0 saturated carbocycles. The van der Waals surface area contributed by atoms with Crippen LogP contribution in [0.25, 0.3) is 11.3 Å². The third-order valence-electron chi connectivity index (χ3n) is 4.81. The van der Waals surface area contributed by atoms with E-state index < -0.39 is 0 Å². The maximum Gasteiger partial charge on any atom is 0.223 e. The largest absolute Gasteiger partial charge is 0.476 e. The number of rotatable bonds is 7. The average Bonchev–Trinajstić information content (AvgIpc) is 2.83. The summed E-state index contributed by atoms with van der Waals surface area (Å²) >= 11 is 12.6. The summed E-state index contributed by atoms with van der Waals surface area (Å²) in [6.45, 7) is 3.61. The third kappa shape index (κ3) is 5.37. The predicted molar refractivity (Wildman–Crippen MR) is 123 cm³/mol. The molecule has 10 heteroatoms. The van der Waals surface area contributed by atoms with Crippen LogP contribution in [-0.4, -0.2) is 54.4 Å². The van der Waals surface area contributed by atoms with E-state index in [0.29, 0.717) is 53.8 Å². The lowest BCUT2D eigenvalue weighted by molar-refractivity contribution is 0.122. The third-order valence-corrected chi connectivity index (χ3v) is 5.36. The highest BCUT2D eigenvalue weighted by Gasteiger charge is 2.20. The summed E-state index contributed by atoms with van der Waals surface area (Å²) < 4.78 is 11.1. The molecule has 1 N–H and O–H groups in total. The number of nitrogens with one attached hydrogen (secondary N) is 1. The fourth-order valence-corrected chi connectivity index (χ4v) is 3.72. The van der Waals surface area contributed by atoms with Gasteiger partial charge in [0.1, 0.15) is 18.4 Å². The first-order chi connectivity index (χ1) is 15.6. The highest BCUT2D eigenvalue weighted by molar-refractivity contribution is 6.36. The highest BCUT2D eigenvalue weighted by Crippen LogP contribution is 2.35. The minimum absolute atomic E-state index is 0.352. The van der Waals surface area contributed by atoms with Crippen LogP contribution in [0.1, 0.15) is 5.56 Å². The molecule has 0 atom stereocenters. The molecule has 0 radical (unpaired) electrons. The monoisotopic (exact) mass is 470 g/mol. The quantitative estimate of drug-likeness (QED) is 0.516. The molecule has 0 unspecified atom stereocenters. The molecule has 1 aliphatic rings. The van der Waals surface area contributed by atoms with E-state index in [1.807, 2.05) is 12.1 Å². The van der Waals surface area contributed by atoms with Crippen molar-refractivity contribution in [2.45, 2.75) is 0 Å². The van der Waals surface area contributed by atoms with E-state index in [1.54, 1.807) is 30.5 Å². The molecule has 3 heterocycles. The van der Waals surface area contributed by atoms with Gasteiger partial charge in [0.05, 0.1) is 42.2 Å². The Morgan fingerprint density at radius 3 is 2.69 bits per heavy atom. The molecule has 1 aliphatic heterocycles. The zero-order valence-electron chi connectivity index (χ0n) is 17.1. The van der Waals surface area contributed by atoms with Crippen LogP contribution in [0.3, 0.4) is 0 Å². The lowest BCUT2D eigenvalue weighted by Gasteiger charge is -2.30. The maximum atomic E-state index is 8.83. The second kappa shape index (κ2) is 10.5. The van der Waals surface area contributed by atoms with Crippen LogP contribution in [0.2, 0.25) is 10.0 Å². The standard InChI is InChI=1S/C22H20Cl2N6O2/c23-16-2-3-17(18(24)11-16)21-19(30-6-9-31-10-7-30)14-28-22(29-21)26-5-8-32-20-4-1-15(12-25)13-27-20/h1-4,11,13-14H,5-10H2,(H,26,28,29). The normalized spacial score (nSPS) is 13.5. The van der Waals surface area contributed by atoms with Crippen LogP contribution in [0.5, 0.6) is 5.88 Å².